The lowest BCUT2D eigenvalue weighted by Crippen LogP contribution is -2.58. The third-order valence-electron chi connectivity index (χ3n) is 7.79. The Bertz CT molecular complexity index is 1360. The molecule has 4 rings (SSSR count). The molecular formula is C36H52F2N4O5. The first kappa shape index (κ1) is 37.7. The Kier molecular flexibility index (Phi) is 12.4. The van der Waals surface area contributed by atoms with Crippen LogP contribution in [-0.2, 0) is 14.3 Å². The molecule has 11 heteroatoms. The number of piperazine rings is 2. The van der Waals surface area contributed by atoms with E-state index in [-0.39, 0.29) is 53.7 Å². The Balaban J connectivity index is 0.000000261. The molecule has 0 bridgehead atoms. The van der Waals surface area contributed by atoms with Crippen LogP contribution in [0.25, 0.3) is 0 Å². The standard InChI is InChI=1S/C20H29FN2O3.C16H23FN2O2/c1-13(2)18(24)22-12-17(15-7-9-16(21)10-8-15)23(11-14(22)3)19(25)26-20(4,5)6;1-11-10-19(15(20)21-16(2,3)4)14(9-18-11)12-5-7-13(17)8-6-12/h7-10,13-14,17H,11-12H2,1-6H3;5-8,11,14,18H,9-10H2,1-4H3/t14-,17-;11-,14-/m11/s1. The average molecular weight is 659 g/mol. The van der Waals surface area contributed by atoms with E-state index in [0.717, 1.165) is 11.1 Å². The molecular weight excluding hydrogens is 606 g/mol. The van der Waals surface area contributed by atoms with Crippen LogP contribution in [0, 0.1) is 17.6 Å². The molecule has 4 atom stereocenters. The number of carbonyl (C=O) groups is 3. The summed E-state index contributed by atoms with van der Waals surface area (Å²) in [7, 11) is 0. The second-order valence-electron chi connectivity index (χ2n) is 14.7. The van der Waals surface area contributed by atoms with Crippen LogP contribution >= 0.6 is 0 Å². The van der Waals surface area contributed by atoms with E-state index in [2.05, 4.69) is 5.32 Å². The molecule has 0 spiro atoms. The molecule has 0 unspecified atom stereocenters. The summed E-state index contributed by atoms with van der Waals surface area (Å²) in [5, 5.41) is 3.35. The molecule has 0 saturated carbocycles. The summed E-state index contributed by atoms with van der Waals surface area (Å²) in [6.07, 6.45) is -0.750. The van der Waals surface area contributed by atoms with Gasteiger partial charge in [0.05, 0.1) is 12.1 Å². The SMILES string of the molecule is CC(C)C(=O)N1C[C@H](c2ccc(F)cc2)N(C(=O)OC(C)(C)C)C[C@H]1C.C[C@@H]1CN(C(=O)OC(C)(C)C)[C@@H](c2ccc(F)cc2)CN1. The molecule has 2 fully saturated rings. The second kappa shape index (κ2) is 15.4. The summed E-state index contributed by atoms with van der Waals surface area (Å²) < 4.78 is 37.4. The number of ether oxygens (including phenoxy) is 2. The maximum Gasteiger partial charge on any atom is 0.410 e. The van der Waals surface area contributed by atoms with Gasteiger partial charge in [-0.3, -0.25) is 14.6 Å². The predicted molar refractivity (Wildman–Crippen MR) is 178 cm³/mol. The number of nitrogens with zero attached hydrogens (tertiary/aromatic N) is 3. The Labute approximate surface area is 278 Å². The molecule has 1 N–H and O–H groups in total. The topological polar surface area (TPSA) is 91.4 Å². The number of benzene rings is 2. The number of hydrogen-bond donors (Lipinski definition) is 1. The lowest BCUT2D eigenvalue weighted by molar-refractivity contribution is -0.140. The van der Waals surface area contributed by atoms with Gasteiger partial charge < -0.3 is 19.7 Å². The molecule has 2 heterocycles. The maximum absolute atomic E-state index is 13.3. The normalized spacial score (nSPS) is 21.9. The summed E-state index contributed by atoms with van der Waals surface area (Å²) in [5.74, 6) is -0.690. The van der Waals surface area contributed by atoms with Crippen molar-refractivity contribution in [1.82, 2.24) is 20.0 Å². The third-order valence-corrected chi connectivity index (χ3v) is 7.79. The summed E-state index contributed by atoms with van der Waals surface area (Å²) in [6.45, 7) is 20.6. The lowest BCUT2D eigenvalue weighted by Gasteiger charge is -2.46. The number of halogens is 2. The van der Waals surface area contributed by atoms with Gasteiger partial charge in [-0.1, -0.05) is 38.1 Å². The van der Waals surface area contributed by atoms with E-state index in [1.54, 1.807) is 39.0 Å². The van der Waals surface area contributed by atoms with Gasteiger partial charge in [-0.2, -0.15) is 0 Å². The lowest BCUT2D eigenvalue weighted by atomic mass is 9.98. The smallest absolute Gasteiger partial charge is 0.410 e. The number of carbonyl (C=O) groups excluding carboxylic acids is 3. The van der Waals surface area contributed by atoms with E-state index >= 15 is 0 Å². The summed E-state index contributed by atoms with van der Waals surface area (Å²) in [5.41, 5.74) is 0.546. The molecule has 2 aromatic rings. The number of nitrogens with one attached hydrogen (secondary N) is 1. The van der Waals surface area contributed by atoms with Crippen molar-refractivity contribution in [3.8, 4) is 0 Å². The Hall–Kier alpha value is -3.73. The van der Waals surface area contributed by atoms with Crippen LogP contribution in [0.1, 0.15) is 92.4 Å². The van der Waals surface area contributed by atoms with Gasteiger partial charge in [0.2, 0.25) is 5.91 Å². The van der Waals surface area contributed by atoms with Gasteiger partial charge in [-0.25, -0.2) is 18.4 Å². The van der Waals surface area contributed by atoms with E-state index in [0.29, 0.717) is 26.2 Å². The van der Waals surface area contributed by atoms with E-state index in [1.165, 1.54) is 24.3 Å². The van der Waals surface area contributed by atoms with Crippen molar-refractivity contribution >= 4 is 18.1 Å². The first-order valence-corrected chi connectivity index (χ1v) is 16.3. The molecule has 2 aliphatic heterocycles. The van der Waals surface area contributed by atoms with Crippen LogP contribution in [0.15, 0.2) is 48.5 Å². The highest BCUT2D eigenvalue weighted by atomic mass is 19.1. The second-order valence-corrected chi connectivity index (χ2v) is 14.7. The van der Waals surface area contributed by atoms with Gasteiger partial charge >= 0.3 is 12.2 Å². The van der Waals surface area contributed by atoms with Crippen molar-refractivity contribution in [2.75, 3.05) is 26.2 Å². The predicted octanol–water partition coefficient (Wildman–Crippen LogP) is 7.09. The highest BCUT2D eigenvalue weighted by Crippen LogP contribution is 2.31. The van der Waals surface area contributed by atoms with E-state index in [9.17, 15) is 23.2 Å². The zero-order valence-corrected chi connectivity index (χ0v) is 29.5. The highest BCUT2D eigenvalue weighted by molar-refractivity contribution is 5.79. The Morgan fingerprint density at radius 3 is 1.55 bits per heavy atom. The van der Waals surface area contributed by atoms with Crippen LogP contribution in [0.4, 0.5) is 18.4 Å². The van der Waals surface area contributed by atoms with Crippen molar-refractivity contribution in [2.24, 2.45) is 5.92 Å². The molecule has 0 aliphatic carbocycles. The fourth-order valence-electron chi connectivity index (χ4n) is 5.52. The van der Waals surface area contributed by atoms with Crippen molar-refractivity contribution in [3.63, 3.8) is 0 Å². The van der Waals surface area contributed by atoms with E-state index in [1.807, 2.05) is 69.2 Å². The first-order chi connectivity index (χ1) is 21.8. The fourth-order valence-corrected chi connectivity index (χ4v) is 5.52. The molecule has 9 nitrogen and oxygen atoms in total. The summed E-state index contributed by atoms with van der Waals surface area (Å²) in [6, 6.07) is 11.9. The largest absolute Gasteiger partial charge is 0.444 e. The number of amides is 3. The molecule has 2 aliphatic rings. The molecule has 0 radical (unpaired) electrons. The van der Waals surface area contributed by atoms with Gasteiger partial charge in [0, 0.05) is 44.2 Å². The van der Waals surface area contributed by atoms with Gasteiger partial charge in [0.1, 0.15) is 22.8 Å². The van der Waals surface area contributed by atoms with E-state index in [4.69, 9.17) is 9.47 Å². The molecule has 0 aromatic heterocycles. The van der Waals surface area contributed by atoms with Gasteiger partial charge in [0.15, 0.2) is 0 Å². The third kappa shape index (κ3) is 10.9. The average Bonchev–Trinajstić information content (AvgIpc) is 2.96. The van der Waals surface area contributed by atoms with Crippen molar-refractivity contribution < 1.29 is 32.6 Å². The zero-order chi connectivity index (χ0) is 35.3. The van der Waals surface area contributed by atoms with Gasteiger partial charge in [-0.15, -0.1) is 0 Å². The van der Waals surface area contributed by atoms with Gasteiger partial charge in [0.25, 0.3) is 0 Å². The first-order valence-electron chi connectivity index (χ1n) is 16.3. The van der Waals surface area contributed by atoms with Crippen LogP contribution in [0.3, 0.4) is 0 Å². The van der Waals surface area contributed by atoms with Crippen LogP contribution in [0.5, 0.6) is 0 Å². The molecule has 2 saturated heterocycles. The van der Waals surface area contributed by atoms with Crippen LogP contribution in [-0.4, -0.2) is 82.3 Å². The number of rotatable bonds is 3. The van der Waals surface area contributed by atoms with E-state index < -0.39 is 17.3 Å². The summed E-state index contributed by atoms with van der Waals surface area (Å²) >= 11 is 0. The molecule has 260 valence electrons. The van der Waals surface area contributed by atoms with Crippen LogP contribution in [0.2, 0.25) is 0 Å². The summed E-state index contributed by atoms with van der Waals surface area (Å²) in [4.78, 5) is 42.9. The minimum Gasteiger partial charge on any atom is -0.444 e. The fraction of sp³-hybridized carbons (Fsp3) is 0.583. The minimum atomic E-state index is -0.613. The molecule has 3 amide bonds. The minimum absolute atomic E-state index is 0.0495. The zero-order valence-electron chi connectivity index (χ0n) is 29.5. The Morgan fingerprint density at radius 2 is 1.13 bits per heavy atom. The maximum atomic E-state index is 13.3. The number of hydrogen-bond acceptors (Lipinski definition) is 6. The molecule has 2 aromatic carbocycles. The van der Waals surface area contributed by atoms with Crippen LogP contribution < -0.4 is 5.32 Å². The Morgan fingerprint density at radius 1 is 0.702 bits per heavy atom. The monoisotopic (exact) mass is 658 g/mol. The van der Waals surface area contributed by atoms with Crippen molar-refractivity contribution in [2.45, 2.75) is 105 Å². The quantitative estimate of drug-likeness (QED) is 0.379. The van der Waals surface area contributed by atoms with Gasteiger partial charge in [-0.05, 0) is 90.8 Å². The highest BCUT2D eigenvalue weighted by Gasteiger charge is 2.40. The molecule has 47 heavy (non-hydrogen) atoms. The van der Waals surface area contributed by atoms with Crippen molar-refractivity contribution in [1.29, 1.82) is 0 Å². The van der Waals surface area contributed by atoms with Crippen molar-refractivity contribution in [3.05, 3.63) is 71.3 Å².